The molecule has 2 aromatic carbocycles. The van der Waals surface area contributed by atoms with Gasteiger partial charge in [0.15, 0.2) is 0 Å². The van der Waals surface area contributed by atoms with E-state index < -0.39 is 6.10 Å². The molecular formula is C23H25NO2. The number of nitrogens with zero attached hydrogens (tertiary/aromatic N) is 1. The summed E-state index contributed by atoms with van der Waals surface area (Å²) in [4.78, 5) is 4.09. The fraction of sp³-hybridized carbons (Fsp3) is 0.261. The third-order valence-corrected chi connectivity index (χ3v) is 4.40. The van der Waals surface area contributed by atoms with Crippen LogP contribution in [-0.2, 0) is 19.3 Å². The first-order valence-electron chi connectivity index (χ1n) is 9.12. The number of ether oxygens (including phenoxy) is 1. The molecule has 1 N–H and O–H groups in total. The molecule has 1 unspecified atom stereocenters. The van der Waals surface area contributed by atoms with Gasteiger partial charge in [-0.25, -0.2) is 0 Å². The summed E-state index contributed by atoms with van der Waals surface area (Å²) in [6.07, 6.45) is 6.63. The number of aryl methyl sites for hydroxylation is 3. The van der Waals surface area contributed by atoms with E-state index in [0.29, 0.717) is 13.0 Å². The van der Waals surface area contributed by atoms with E-state index in [-0.39, 0.29) is 0 Å². The highest BCUT2D eigenvalue weighted by molar-refractivity contribution is 5.28. The van der Waals surface area contributed by atoms with Crippen molar-refractivity contribution in [2.24, 2.45) is 0 Å². The molecule has 0 saturated carbocycles. The lowest BCUT2D eigenvalue weighted by molar-refractivity contribution is 0.100. The molecule has 3 nitrogen and oxygen atoms in total. The second kappa shape index (κ2) is 9.73. The largest absolute Gasteiger partial charge is 0.491 e. The average molecular weight is 347 g/mol. The minimum atomic E-state index is -0.479. The third-order valence-electron chi connectivity index (χ3n) is 4.40. The van der Waals surface area contributed by atoms with E-state index in [2.05, 4.69) is 41.4 Å². The Labute approximate surface area is 155 Å². The monoisotopic (exact) mass is 347 g/mol. The lowest BCUT2D eigenvalue weighted by Crippen LogP contribution is -2.18. The summed E-state index contributed by atoms with van der Waals surface area (Å²) in [5.41, 5.74) is 3.78. The van der Waals surface area contributed by atoms with E-state index in [1.54, 1.807) is 6.20 Å². The molecule has 3 heteroatoms. The van der Waals surface area contributed by atoms with Crippen LogP contribution in [0.25, 0.3) is 0 Å². The average Bonchev–Trinajstić information content (AvgIpc) is 2.71. The normalized spacial score (nSPS) is 11.9. The maximum Gasteiger partial charge on any atom is 0.119 e. The first kappa shape index (κ1) is 18.2. The molecule has 1 aromatic heterocycles. The summed E-state index contributed by atoms with van der Waals surface area (Å²) in [6.45, 7) is 0.309. The highest BCUT2D eigenvalue weighted by Crippen LogP contribution is 2.15. The van der Waals surface area contributed by atoms with Gasteiger partial charge in [0, 0.05) is 12.4 Å². The van der Waals surface area contributed by atoms with E-state index in [9.17, 15) is 5.11 Å². The second-order valence-electron chi connectivity index (χ2n) is 6.49. The van der Waals surface area contributed by atoms with Gasteiger partial charge in [0.25, 0.3) is 0 Å². The van der Waals surface area contributed by atoms with Gasteiger partial charge < -0.3 is 9.84 Å². The van der Waals surface area contributed by atoms with Crippen LogP contribution < -0.4 is 4.74 Å². The van der Waals surface area contributed by atoms with Crippen molar-refractivity contribution in [3.05, 3.63) is 95.8 Å². The molecule has 1 heterocycles. The number of hydrogen-bond donors (Lipinski definition) is 1. The van der Waals surface area contributed by atoms with Crippen LogP contribution in [-0.4, -0.2) is 22.8 Å². The van der Waals surface area contributed by atoms with Crippen LogP contribution in [0.2, 0.25) is 0 Å². The summed E-state index contributed by atoms with van der Waals surface area (Å²) < 4.78 is 5.71. The Hall–Kier alpha value is -2.65. The minimum Gasteiger partial charge on any atom is -0.491 e. The number of pyridine rings is 1. The predicted molar refractivity (Wildman–Crippen MR) is 104 cm³/mol. The van der Waals surface area contributed by atoms with E-state index in [4.69, 9.17) is 4.74 Å². The van der Waals surface area contributed by atoms with Crippen molar-refractivity contribution in [1.82, 2.24) is 4.98 Å². The van der Waals surface area contributed by atoms with Gasteiger partial charge in [-0.05, 0) is 60.6 Å². The molecule has 0 amide bonds. The summed E-state index contributed by atoms with van der Waals surface area (Å²) in [6, 6.07) is 22.6. The molecule has 26 heavy (non-hydrogen) atoms. The van der Waals surface area contributed by atoms with Crippen LogP contribution in [0, 0.1) is 0 Å². The maximum atomic E-state index is 10.1. The molecule has 0 saturated heterocycles. The minimum absolute atomic E-state index is 0.309. The van der Waals surface area contributed by atoms with Crippen molar-refractivity contribution in [3.63, 3.8) is 0 Å². The Morgan fingerprint density at radius 2 is 1.46 bits per heavy atom. The SMILES string of the molecule is OC(CCc1cccnc1)COc1ccc(CCc2ccccc2)cc1. The highest BCUT2D eigenvalue weighted by atomic mass is 16.5. The molecule has 0 spiro atoms. The molecule has 0 aliphatic carbocycles. The number of rotatable bonds is 9. The fourth-order valence-corrected chi connectivity index (χ4v) is 2.84. The second-order valence-corrected chi connectivity index (χ2v) is 6.49. The van der Waals surface area contributed by atoms with Crippen molar-refractivity contribution in [2.45, 2.75) is 31.8 Å². The van der Waals surface area contributed by atoms with Gasteiger partial charge >= 0.3 is 0 Å². The van der Waals surface area contributed by atoms with Crippen LogP contribution in [0.15, 0.2) is 79.1 Å². The van der Waals surface area contributed by atoms with Gasteiger partial charge in [-0.2, -0.15) is 0 Å². The lowest BCUT2D eigenvalue weighted by atomic mass is 10.0. The predicted octanol–water partition coefficient (Wildman–Crippen LogP) is 4.24. The van der Waals surface area contributed by atoms with Gasteiger partial charge in [0.1, 0.15) is 12.4 Å². The molecule has 0 aliphatic rings. The van der Waals surface area contributed by atoms with Crippen molar-refractivity contribution in [1.29, 1.82) is 0 Å². The van der Waals surface area contributed by atoms with E-state index in [1.807, 2.05) is 36.5 Å². The zero-order valence-electron chi connectivity index (χ0n) is 14.9. The Morgan fingerprint density at radius 1 is 0.769 bits per heavy atom. The van der Waals surface area contributed by atoms with Crippen LogP contribution >= 0.6 is 0 Å². The van der Waals surface area contributed by atoms with Gasteiger partial charge in [-0.1, -0.05) is 48.5 Å². The maximum absolute atomic E-state index is 10.1. The molecule has 0 fully saturated rings. The third kappa shape index (κ3) is 6.01. The van der Waals surface area contributed by atoms with Crippen LogP contribution in [0.5, 0.6) is 5.75 Å². The number of aromatic nitrogens is 1. The topological polar surface area (TPSA) is 42.4 Å². The molecule has 0 radical (unpaired) electrons. The number of hydrogen-bond acceptors (Lipinski definition) is 3. The Bertz CT molecular complexity index is 757. The standard InChI is InChI=1S/C23H25NO2/c25-22(13-10-21-7-4-16-24-17-21)18-26-23-14-11-20(12-15-23)9-8-19-5-2-1-3-6-19/h1-7,11-12,14-17,22,25H,8-10,13,18H2. The van der Waals surface area contributed by atoms with Crippen LogP contribution in [0.3, 0.4) is 0 Å². The van der Waals surface area contributed by atoms with Crippen molar-refractivity contribution >= 4 is 0 Å². The molecule has 0 aliphatic heterocycles. The van der Waals surface area contributed by atoms with E-state index >= 15 is 0 Å². The van der Waals surface area contributed by atoms with Crippen LogP contribution in [0.1, 0.15) is 23.1 Å². The molecular weight excluding hydrogens is 322 g/mol. The Balaban J connectivity index is 1.39. The van der Waals surface area contributed by atoms with Gasteiger partial charge in [0.2, 0.25) is 0 Å². The molecule has 3 rings (SSSR count). The smallest absolute Gasteiger partial charge is 0.119 e. The molecule has 134 valence electrons. The number of benzene rings is 2. The molecule has 3 aromatic rings. The van der Waals surface area contributed by atoms with E-state index in [0.717, 1.165) is 30.6 Å². The number of aliphatic hydroxyl groups is 1. The Kier molecular flexibility index (Phi) is 6.80. The first-order chi connectivity index (χ1) is 12.8. The zero-order chi connectivity index (χ0) is 18.0. The molecule has 0 bridgehead atoms. The van der Waals surface area contributed by atoms with Gasteiger partial charge in [-0.15, -0.1) is 0 Å². The lowest BCUT2D eigenvalue weighted by Gasteiger charge is -2.12. The summed E-state index contributed by atoms with van der Waals surface area (Å²) in [7, 11) is 0. The highest BCUT2D eigenvalue weighted by Gasteiger charge is 2.06. The van der Waals surface area contributed by atoms with Crippen molar-refractivity contribution in [3.8, 4) is 5.75 Å². The summed E-state index contributed by atoms with van der Waals surface area (Å²) in [5.74, 6) is 0.800. The van der Waals surface area contributed by atoms with E-state index in [1.165, 1.54) is 11.1 Å². The number of aliphatic hydroxyl groups excluding tert-OH is 1. The van der Waals surface area contributed by atoms with Gasteiger partial charge in [0.05, 0.1) is 6.10 Å². The van der Waals surface area contributed by atoms with Crippen molar-refractivity contribution < 1.29 is 9.84 Å². The first-order valence-corrected chi connectivity index (χ1v) is 9.12. The van der Waals surface area contributed by atoms with Crippen molar-refractivity contribution in [2.75, 3.05) is 6.61 Å². The fourth-order valence-electron chi connectivity index (χ4n) is 2.84. The molecule has 1 atom stereocenters. The summed E-state index contributed by atoms with van der Waals surface area (Å²) in [5, 5.41) is 10.1. The van der Waals surface area contributed by atoms with Crippen LogP contribution in [0.4, 0.5) is 0 Å². The quantitative estimate of drug-likeness (QED) is 0.629. The summed E-state index contributed by atoms with van der Waals surface area (Å²) >= 11 is 0. The zero-order valence-corrected chi connectivity index (χ0v) is 14.9. The Morgan fingerprint density at radius 3 is 2.15 bits per heavy atom. The van der Waals surface area contributed by atoms with Gasteiger partial charge in [-0.3, -0.25) is 4.98 Å².